The lowest BCUT2D eigenvalue weighted by Gasteiger charge is -2.16. The molecule has 1 heterocycles. The molecule has 1 atom stereocenters. The quantitative estimate of drug-likeness (QED) is 0.582. The van der Waals surface area contributed by atoms with E-state index in [-0.39, 0.29) is 16.7 Å². The Morgan fingerprint density at radius 1 is 1.28 bits per heavy atom. The fourth-order valence-electron chi connectivity index (χ4n) is 2.46. The van der Waals surface area contributed by atoms with E-state index in [0.29, 0.717) is 11.6 Å². The number of rotatable bonds is 7. The number of hydrogen-bond donors (Lipinski definition) is 2. The highest BCUT2D eigenvalue weighted by molar-refractivity contribution is 8.00. The molecule has 0 aliphatic rings. The number of thioether (sulfide) groups is 1. The van der Waals surface area contributed by atoms with Crippen molar-refractivity contribution in [2.45, 2.75) is 57.4 Å². The van der Waals surface area contributed by atoms with Crippen LogP contribution < -0.4 is 10.9 Å². The van der Waals surface area contributed by atoms with Crippen molar-refractivity contribution in [3.05, 3.63) is 51.4 Å². The molecule has 0 saturated heterocycles. The third-order valence-corrected chi connectivity index (χ3v) is 5.10. The summed E-state index contributed by atoms with van der Waals surface area (Å²) in [6.07, 6.45) is 2.32. The summed E-state index contributed by atoms with van der Waals surface area (Å²) in [5.41, 5.74) is 3.53. The van der Waals surface area contributed by atoms with Crippen molar-refractivity contribution < 1.29 is 4.79 Å². The zero-order valence-corrected chi connectivity index (χ0v) is 16.0. The minimum absolute atomic E-state index is 0.0789. The van der Waals surface area contributed by atoms with Crippen LogP contribution in [0.3, 0.4) is 0 Å². The van der Waals surface area contributed by atoms with E-state index in [0.717, 1.165) is 35.3 Å². The van der Waals surface area contributed by atoms with Crippen molar-refractivity contribution in [3.8, 4) is 0 Å². The Morgan fingerprint density at radius 3 is 2.72 bits per heavy atom. The van der Waals surface area contributed by atoms with Gasteiger partial charge in [-0.2, -0.15) is 0 Å². The third kappa shape index (κ3) is 5.46. The van der Waals surface area contributed by atoms with Gasteiger partial charge in [-0.25, -0.2) is 4.98 Å². The number of nitrogens with one attached hydrogen (secondary N) is 2. The van der Waals surface area contributed by atoms with Gasteiger partial charge in [0.25, 0.3) is 5.56 Å². The summed E-state index contributed by atoms with van der Waals surface area (Å²) in [5.74, 6) is -0.0789. The molecular formula is C19H25N3O2S. The number of aromatic nitrogens is 2. The first-order chi connectivity index (χ1) is 11.9. The Morgan fingerprint density at radius 2 is 2.04 bits per heavy atom. The number of benzene rings is 1. The highest BCUT2D eigenvalue weighted by Gasteiger charge is 2.20. The van der Waals surface area contributed by atoms with E-state index in [1.165, 1.54) is 17.8 Å². The third-order valence-electron chi connectivity index (χ3n) is 3.85. The van der Waals surface area contributed by atoms with Crippen LogP contribution in [-0.2, 0) is 11.2 Å². The van der Waals surface area contributed by atoms with Crippen LogP contribution in [0.2, 0.25) is 0 Å². The lowest BCUT2D eigenvalue weighted by atomic mass is 10.1. The number of H-pyrrole nitrogens is 1. The van der Waals surface area contributed by atoms with E-state index in [2.05, 4.69) is 15.3 Å². The summed E-state index contributed by atoms with van der Waals surface area (Å²) >= 11 is 1.30. The van der Waals surface area contributed by atoms with E-state index < -0.39 is 0 Å². The molecule has 1 unspecified atom stereocenters. The van der Waals surface area contributed by atoms with Gasteiger partial charge in [-0.1, -0.05) is 44.2 Å². The number of carbonyl (C=O) groups is 1. The van der Waals surface area contributed by atoms with Crippen molar-refractivity contribution in [1.82, 2.24) is 9.97 Å². The van der Waals surface area contributed by atoms with Crippen molar-refractivity contribution in [2.24, 2.45) is 0 Å². The van der Waals surface area contributed by atoms with Gasteiger partial charge in [0.1, 0.15) is 0 Å². The zero-order chi connectivity index (χ0) is 18.4. The Labute approximate surface area is 152 Å². The van der Waals surface area contributed by atoms with Gasteiger partial charge in [0, 0.05) is 17.4 Å². The molecule has 25 heavy (non-hydrogen) atoms. The van der Waals surface area contributed by atoms with E-state index in [1.807, 2.05) is 45.9 Å². The van der Waals surface area contributed by atoms with Gasteiger partial charge >= 0.3 is 0 Å². The van der Waals surface area contributed by atoms with Gasteiger partial charge in [0.15, 0.2) is 5.16 Å². The average molecular weight is 359 g/mol. The van der Waals surface area contributed by atoms with Crippen LogP contribution in [0, 0.1) is 13.8 Å². The van der Waals surface area contributed by atoms with Crippen molar-refractivity contribution in [2.75, 3.05) is 5.32 Å². The molecule has 134 valence electrons. The van der Waals surface area contributed by atoms with Crippen molar-refractivity contribution in [3.63, 3.8) is 0 Å². The Hall–Kier alpha value is -2.08. The van der Waals surface area contributed by atoms with Gasteiger partial charge in [-0.3, -0.25) is 9.59 Å². The summed E-state index contributed by atoms with van der Waals surface area (Å²) in [6.45, 7) is 7.96. The minimum atomic E-state index is -0.320. The predicted octanol–water partition coefficient (Wildman–Crippen LogP) is 3.85. The lowest BCUT2D eigenvalue weighted by Crippen LogP contribution is -2.25. The maximum absolute atomic E-state index is 12.7. The van der Waals surface area contributed by atoms with Crippen LogP contribution in [0.5, 0.6) is 0 Å². The molecule has 5 nitrogen and oxygen atoms in total. The highest BCUT2D eigenvalue weighted by atomic mass is 32.2. The van der Waals surface area contributed by atoms with Crippen molar-refractivity contribution >= 4 is 23.4 Å². The summed E-state index contributed by atoms with van der Waals surface area (Å²) in [6, 6.07) is 7.49. The number of carbonyl (C=O) groups excluding carboxylic acids is 1. The number of hydrogen-bond acceptors (Lipinski definition) is 4. The number of amides is 1. The fraction of sp³-hybridized carbons (Fsp3) is 0.421. The number of aromatic amines is 1. The van der Waals surface area contributed by atoms with E-state index in [9.17, 15) is 9.59 Å². The highest BCUT2D eigenvalue weighted by Crippen LogP contribution is 2.24. The topological polar surface area (TPSA) is 74.8 Å². The molecular weight excluding hydrogens is 334 g/mol. The number of aryl methyl sites for hydroxylation is 3. The second kappa shape index (κ2) is 8.85. The molecule has 1 amide bonds. The SMILES string of the molecule is CCCc1cc(=O)[nH]c(SC(CC)C(=O)Nc2cc(C)ccc2C)n1. The molecule has 0 saturated carbocycles. The minimum Gasteiger partial charge on any atom is -0.325 e. The molecule has 2 rings (SSSR count). The second-order valence-electron chi connectivity index (χ2n) is 6.11. The molecule has 0 aliphatic heterocycles. The van der Waals surface area contributed by atoms with Gasteiger partial charge in [-0.15, -0.1) is 0 Å². The first-order valence-corrected chi connectivity index (χ1v) is 9.46. The van der Waals surface area contributed by atoms with Gasteiger partial charge < -0.3 is 10.3 Å². The van der Waals surface area contributed by atoms with Crippen LogP contribution in [0.4, 0.5) is 5.69 Å². The van der Waals surface area contributed by atoms with E-state index in [4.69, 9.17) is 0 Å². The predicted molar refractivity (Wildman–Crippen MR) is 103 cm³/mol. The maximum Gasteiger partial charge on any atom is 0.251 e. The van der Waals surface area contributed by atoms with Gasteiger partial charge in [-0.05, 0) is 43.9 Å². The maximum atomic E-state index is 12.7. The standard InChI is InChI=1S/C19H25N3O2S/c1-5-7-14-11-17(23)22-19(20-14)25-16(6-2)18(24)21-15-10-12(3)8-9-13(15)4/h8-11,16H,5-7H2,1-4H3,(H,21,24)(H,20,22,23). The fourth-order valence-corrected chi connectivity index (χ4v) is 3.40. The monoisotopic (exact) mass is 359 g/mol. The van der Waals surface area contributed by atoms with Crippen LogP contribution in [0.25, 0.3) is 0 Å². The number of nitrogens with zero attached hydrogens (tertiary/aromatic N) is 1. The van der Waals surface area contributed by atoms with E-state index >= 15 is 0 Å². The van der Waals surface area contributed by atoms with Gasteiger partial charge in [0.2, 0.25) is 5.91 Å². The smallest absolute Gasteiger partial charge is 0.251 e. The zero-order valence-electron chi connectivity index (χ0n) is 15.2. The largest absolute Gasteiger partial charge is 0.325 e. The van der Waals surface area contributed by atoms with Crippen LogP contribution in [0.15, 0.2) is 34.2 Å². The molecule has 0 radical (unpaired) electrons. The Kier molecular flexibility index (Phi) is 6.82. The van der Waals surface area contributed by atoms with Crippen LogP contribution in [0.1, 0.15) is 43.5 Å². The molecule has 0 bridgehead atoms. The first-order valence-electron chi connectivity index (χ1n) is 8.58. The number of anilines is 1. The Bertz CT molecular complexity index is 801. The molecule has 0 aliphatic carbocycles. The summed E-state index contributed by atoms with van der Waals surface area (Å²) in [5, 5.41) is 3.18. The molecule has 1 aromatic carbocycles. The molecule has 6 heteroatoms. The lowest BCUT2D eigenvalue weighted by molar-refractivity contribution is -0.115. The molecule has 2 N–H and O–H groups in total. The summed E-state index contributed by atoms with van der Waals surface area (Å²) in [7, 11) is 0. The van der Waals surface area contributed by atoms with Crippen LogP contribution in [-0.4, -0.2) is 21.1 Å². The molecule has 0 spiro atoms. The summed E-state index contributed by atoms with van der Waals surface area (Å²) < 4.78 is 0. The molecule has 2 aromatic rings. The summed E-state index contributed by atoms with van der Waals surface area (Å²) in [4.78, 5) is 31.6. The first kappa shape index (κ1) is 19.2. The van der Waals surface area contributed by atoms with E-state index in [1.54, 1.807) is 0 Å². The molecule has 1 aromatic heterocycles. The van der Waals surface area contributed by atoms with Crippen LogP contribution >= 0.6 is 11.8 Å². The molecule has 0 fully saturated rings. The average Bonchev–Trinajstić information content (AvgIpc) is 2.55. The normalized spacial score (nSPS) is 12.0. The van der Waals surface area contributed by atoms with Crippen molar-refractivity contribution in [1.29, 1.82) is 0 Å². The second-order valence-corrected chi connectivity index (χ2v) is 7.31. The van der Waals surface area contributed by atoms with Gasteiger partial charge in [0.05, 0.1) is 5.25 Å². The Balaban J connectivity index is 2.15.